The van der Waals surface area contributed by atoms with Gasteiger partial charge in [0, 0.05) is 22.7 Å². The molecule has 3 nitrogen and oxygen atoms in total. The molecule has 74 valence electrons. The lowest BCUT2D eigenvalue weighted by atomic mass is 10.2. The topological polar surface area (TPSA) is 45.2 Å². The van der Waals surface area contributed by atoms with E-state index in [1.54, 1.807) is 14.0 Å². The van der Waals surface area contributed by atoms with Gasteiger partial charge in [-0.25, -0.2) is 0 Å². The van der Waals surface area contributed by atoms with Crippen LogP contribution in [-0.4, -0.2) is 17.2 Å². The molecule has 2 N–H and O–H groups in total. The van der Waals surface area contributed by atoms with Crippen molar-refractivity contribution in [1.29, 1.82) is 0 Å². The van der Waals surface area contributed by atoms with Crippen LogP contribution in [0.1, 0.15) is 18.7 Å². The number of rotatable bonds is 2. The zero-order valence-corrected chi connectivity index (χ0v) is 8.24. The Bertz CT molecular complexity index is 445. The smallest absolute Gasteiger partial charge is 0.120 e. The maximum absolute atomic E-state index is 9.39. The van der Waals surface area contributed by atoms with Gasteiger partial charge in [0.25, 0.3) is 0 Å². The van der Waals surface area contributed by atoms with Gasteiger partial charge in [0.1, 0.15) is 5.75 Å². The fourth-order valence-electron chi connectivity index (χ4n) is 1.48. The third kappa shape index (κ3) is 1.46. The molecule has 1 heterocycles. The zero-order valence-electron chi connectivity index (χ0n) is 8.24. The number of H-pyrrole nitrogens is 1. The molecule has 0 aliphatic carbocycles. The van der Waals surface area contributed by atoms with Crippen LogP contribution in [0.15, 0.2) is 24.3 Å². The van der Waals surface area contributed by atoms with E-state index in [0.717, 1.165) is 22.3 Å². The highest BCUT2D eigenvalue weighted by atomic mass is 16.5. The minimum atomic E-state index is -0.464. The predicted molar refractivity (Wildman–Crippen MR) is 55.5 cm³/mol. The van der Waals surface area contributed by atoms with E-state index in [-0.39, 0.29) is 0 Å². The first-order valence-electron chi connectivity index (χ1n) is 4.55. The number of methoxy groups -OCH3 is 1. The molecule has 0 spiro atoms. The molecule has 14 heavy (non-hydrogen) atoms. The molecule has 1 aromatic heterocycles. The van der Waals surface area contributed by atoms with Crippen LogP contribution in [0.3, 0.4) is 0 Å². The van der Waals surface area contributed by atoms with Crippen LogP contribution in [-0.2, 0) is 0 Å². The summed E-state index contributed by atoms with van der Waals surface area (Å²) >= 11 is 0. The van der Waals surface area contributed by atoms with Crippen molar-refractivity contribution in [1.82, 2.24) is 4.98 Å². The second kappa shape index (κ2) is 3.35. The molecule has 0 saturated heterocycles. The summed E-state index contributed by atoms with van der Waals surface area (Å²) in [7, 11) is 1.64. The van der Waals surface area contributed by atoms with Crippen LogP contribution >= 0.6 is 0 Å². The minimum absolute atomic E-state index is 0.464. The van der Waals surface area contributed by atoms with Gasteiger partial charge in [-0.2, -0.15) is 0 Å². The van der Waals surface area contributed by atoms with Crippen LogP contribution < -0.4 is 4.74 Å². The monoisotopic (exact) mass is 191 g/mol. The minimum Gasteiger partial charge on any atom is -0.497 e. The highest BCUT2D eigenvalue weighted by Gasteiger charge is 2.05. The highest BCUT2D eigenvalue weighted by molar-refractivity contribution is 5.81. The Labute approximate surface area is 82.3 Å². The normalized spacial score (nSPS) is 13.1. The summed E-state index contributed by atoms with van der Waals surface area (Å²) in [4.78, 5) is 3.14. The Kier molecular flexibility index (Phi) is 2.17. The van der Waals surface area contributed by atoms with Gasteiger partial charge in [-0.15, -0.1) is 0 Å². The number of nitrogens with one attached hydrogen (secondary N) is 1. The van der Waals surface area contributed by atoms with Crippen LogP contribution in [0.2, 0.25) is 0 Å². The number of benzene rings is 1. The second-order valence-electron chi connectivity index (χ2n) is 3.35. The number of hydrogen-bond acceptors (Lipinski definition) is 2. The number of fused-ring (bicyclic) bond motifs is 1. The largest absolute Gasteiger partial charge is 0.497 e. The molecule has 0 aliphatic rings. The van der Waals surface area contributed by atoms with Crippen molar-refractivity contribution in [3.63, 3.8) is 0 Å². The molecular weight excluding hydrogens is 178 g/mol. The van der Waals surface area contributed by atoms with Crippen molar-refractivity contribution in [2.45, 2.75) is 13.0 Å². The van der Waals surface area contributed by atoms with Gasteiger partial charge in [-0.1, -0.05) is 0 Å². The van der Waals surface area contributed by atoms with E-state index in [9.17, 15) is 5.11 Å². The Morgan fingerprint density at radius 1 is 1.36 bits per heavy atom. The van der Waals surface area contributed by atoms with E-state index < -0.39 is 6.10 Å². The van der Waals surface area contributed by atoms with Gasteiger partial charge >= 0.3 is 0 Å². The maximum Gasteiger partial charge on any atom is 0.120 e. The molecule has 0 unspecified atom stereocenters. The van der Waals surface area contributed by atoms with E-state index in [0.29, 0.717) is 0 Å². The first kappa shape index (κ1) is 9.09. The fourth-order valence-corrected chi connectivity index (χ4v) is 1.48. The number of aliphatic hydroxyl groups excluding tert-OH is 1. The van der Waals surface area contributed by atoms with Crippen molar-refractivity contribution in [3.8, 4) is 5.75 Å². The SMILES string of the molecule is COc1ccc2cc([C@H](C)O)[nH]c2c1. The van der Waals surface area contributed by atoms with Crippen molar-refractivity contribution in [2.24, 2.45) is 0 Å². The molecule has 2 aromatic rings. The quantitative estimate of drug-likeness (QED) is 0.764. The molecule has 1 aromatic carbocycles. The molecule has 0 fully saturated rings. The third-order valence-corrected chi connectivity index (χ3v) is 2.30. The lowest BCUT2D eigenvalue weighted by molar-refractivity contribution is 0.195. The summed E-state index contributed by atoms with van der Waals surface area (Å²) in [6.07, 6.45) is -0.464. The first-order chi connectivity index (χ1) is 6.70. The Morgan fingerprint density at radius 3 is 2.79 bits per heavy atom. The van der Waals surface area contributed by atoms with Crippen molar-refractivity contribution < 1.29 is 9.84 Å². The molecule has 0 amide bonds. The maximum atomic E-state index is 9.39. The summed E-state index contributed by atoms with van der Waals surface area (Å²) in [6, 6.07) is 7.74. The first-order valence-corrected chi connectivity index (χ1v) is 4.55. The van der Waals surface area contributed by atoms with Crippen molar-refractivity contribution >= 4 is 10.9 Å². The van der Waals surface area contributed by atoms with Gasteiger partial charge in [0.2, 0.25) is 0 Å². The summed E-state index contributed by atoms with van der Waals surface area (Å²) in [5.41, 5.74) is 1.81. The summed E-state index contributed by atoms with van der Waals surface area (Å²) in [5, 5.41) is 10.5. The lowest BCUT2D eigenvalue weighted by Gasteiger charge is -1.98. The molecule has 1 atom stereocenters. The standard InChI is InChI=1S/C11H13NO2/c1-7(13)10-5-8-3-4-9(14-2)6-11(8)12-10/h3-7,12-13H,1-2H3/t7-/m0/s1. The van der Waals surface area contributed by atoms with Crippen molar-refractivity contribution in [3.05, 3.63) is 30.0 Å². The van der Waals surface area contributed by atoms with Crippen LogP contribution in [0.5, 0.6) is 5.75 Å². The Balaban J connectivity index is 2.54. The third-order valence-electron chi connectivity index (χ3n) is 2.30. The molecular formula is C11H13NO2. The Morgan fingerprint density at radius 2 is 2.14 bits per heavy atom. The van der Waals surface area contributed by atoms with Crippen LogP contribution in [0, 0.1) is 0 Å². The van der Waals surface area contributed by atoms with Gasteiger partial charge in [-0.3, -0.25) is 0 Å². The molecule has 3 heteroatoms. The van der Waals surface area contributed by atoms with Gasteiger partial charge < -0.3 is 14.8 Å². The van der Waals surface area contributed by atoms with Gasteiger partial charge in [0.05, 0.1) is 13.2 Å². The van der Waals surface area contributed by atoms with Gasteiger partial charge in [-0.05, 0) is 25.1 Å². The molecule has 2 rings (SSSR count). The number of ether oxygens (including phenoxy) is 1. The van der Waals surface area contributed by atoms with Crippen LogP contribution in [0.4, 0.5) is 0 Å². The second-order valence-corrected chi connectivity index (χ2v) is 3.35. The number of aliphatic hydroxyl groups is 1. The molecule has 0 saturated carbocycles. The predicted octanol–water partition coefficient (Wildman–Crippen LogP) is 2.23. The molecule has 0 radical (unpaired) electrons. The van der Waals surface area contributed by atoms with E-state index in [4.69, 9.17) is 4.74 Å². The van der Waals surface area contributed by atoms with E-state index >= 15 is 0 Å². The van der Waals surface area contributed by atoms with E-state index in [1.165, 1.54) is 0 Å². The number of aromatic nitrogens is 1. The fraction of sp³-hybridized carbons (Fsp3) is 0.273. The highest BCUT2D eigenvalue weighted by Crippen LogP contribution is 2.23. The Hall–Kier alpha value is -1.48. The average molecular weight is 191 g/mol. The molecule has 0 aliphatic heterocycles. The number of hydrogen-bond donors (Lipinski definition) is 2. The van der Waals surface area contributed by atoms with E-state index in [2.05, 4.69) is 4.98 Å². The zero-order chi connectivity index (χ0) is 10.1. The van der Waals surface area contributed by atoms with Gasteiger partial charge in [0.15, 0.2) is 0 Å². The summed E-state index contributed by atoms with van der Waals surface area (Å²) in [6.45, 7) is 1.74. The number of aromatic amines is 1. The van der Waals surface area contributed by atoms with Crippen molar-refractivity contribution in [2.75, 3.05) is 7.11 Å². The lowest BCUT2D eigenvalue weighted by Crippen LogP contribution is -1.89. The summed E-state index contributed by atoms with van der Waals surface area (Å²) < 4.78 is 5.11. The average Bonchev–Trinajstić information content (AvgIpc) is 2.59. The summed E-state index contributed by atoms with van der Waals surface area (Å²) in [5.74, 6) is 0.816. The molecule has 0 bridgehead atoms. The van der Waals surface area contributed by atoms with E-state index in [1.807, 2.05) is 24.3 Å². The van der Waals surface area contributed by atoms with Crippen LogP contribution in [0.25, 0.3) is 10.9 Å².